The molecule has 0 saturated carbocycles. The van der Waals surface area contributed by atoms with Crippen LogP contribution < -0.4 is 10.6 Å². The summed E-state index contributed by atoms with van der Waals surface area (Å²) < 4.78 is 0. The zero-order valence-electron chi connectivity index (χ0n) is 12.9. The van der Waals surface area contributed by atoms with Crippen LogP contribution in [-0.4, -0.2) is 47.5 Å². The predicted molar refractivity (Wildman–Crippen MR) is 79.3 cm³/mol. The van der Waals surface area contributed by atoms with Crippen LogP contribution in [-0.2, 0) is 4.79 Å². The number of hydrogen-bond donors (Lipinski definition) is 4. The Kier molecular flexibility index (Phi) is 7.48. The van der Waals surface area contributed by atoms with Crippen LogP contribution in [0.15, 0.2) is 0 Å². The van der Waals surface area contributed by atoms with Crippen LogP contribution in [0.2, 0.25) is 0 Å². The second-order valence-electron chi connectivity index (χ2n) is 6.18. The molecule has 5 heteroatoms. The smallest absolute Gasteiger partial charge is 0.237 e. The van der Waals surface area contributed by atoms with Crippen molar-refractivity contribution in [2.45, 2.75) is 64.6 Å². The van der Waals surface area contributed by atoms with Crippen molar-refractivity contribution in [2.24, 2.45) is 11.8 Å². The van der Waals surface area contributed by atoms with E-state index < -0.39 is 12.1 Å². The molecule has 5 nitrogen and oxygen atoms in total. The largest absolute Gasteiger partial charge is 0.394 e. The molecule has 0 aromatic carbocycles. The van der Waals surface area contributed by atoms with Gasteiger partial charge in [0.25, 0.3) is 0 Å². The van der Waals surface area contributed by atoms with Gasteiger partial charge in [-0.25, -0.2) is 0 Å². The number of amides is 1. The maximum absolute atomic E-state index is 12.2. The minimum atomic E-state index is -0.747. The zero-order chi connectivity index (χ0) is 15.1. The summed E-state index contributed by atoms with van der Waals surface area (Å²) in [5.41, 5.74) is 0. The Morgan fingerprint density at radius 3 is 2.70 bits per heavy atom. The van der Waals surface area contributed by atoms with E-state index in [1.54, 1.807) is 6.92 Å². The molecule has 1 aliphatic rings. The minimum absolute atomic E-state index is 0.112. The number of aliphatic hydroxyl groups excluding tert-OH is 2. The first-order valence-corrected chi connectivity index (χ1v) is 7.80. The Bertz CT molecular complexity index is 297. The standard InChI is InChI=1S/C15H30N2O3/c1-4-10(2)7-12-5-6-16-13(8-12)15(20)17-14(9-18)11(3)19/h10-14,16,18-19H,4-9H2,1-3H3,(H,17,20)/t10?,11?,12?,13?,14-/m1/s1. The van der Waals surface area contributed by atoms with E-state index in [9.17, 15) is 9.90 Å². The molecule has 1 fully saturated rings. The molecule has 1 rings (SSSR count). The van der Waals surface area contributed by atoms with Gasteiger partial charge in [0.1, 0.15) is 0 Å². The Morgan fingerprint density at radius 2 is 2.15 bits per heavy atom. The molecule has 0 aromatic heterocycles. The van der Waals surface area contributed by atoms with E-state index in [0.717, 1.165) is 19.4 Å². The molecule has 1 aliphatic heterocycles. The number of hydrogen-bond acceptors (Lipinski definition) is 4. The second kappa shape index (κ2) is 8.60. The van der Waals surface area contributed by atoms with Gasteiger partial charge in [-0.05, 0) is 44.6 Å². The van der Waals surface area contributed by atoms with Crippen LogP contribution in [0.4, 0.5) is 0 Å². The van der Waals surface area contributed by atoms with Gasteiger partial charge in [0, 0.05) is 0 Å². The van der Waals surface area contributed by atoms with E-state index in [1.165, 1.54) is 12.8 Å². The molecule has 1 saturated heterocycles. The average molecular weight is 286 g/mol. The van der Waals surface area contributed by atoms with Crippen LogP contribution in [0.25, 0.3) is 0 Å². The highest BCUT2D eigenvalue weighted by molar-refractivity contribution is 5.82. The highest BCUT2D eigenvalue weighted by Gasteiger charge is 2.29. The topological polar surface area (TPSA) is 81.6 Å². The van der Waals surface area contributed by atoms with Gasteiger partial charge >= 0.3 is 0 Å². The number of nitrogens with one attached hydrogen (secondary N) is 2. The Hall–Kier alpha value is -0.650. The maximum Gasteiger partial charge on any atom is 0.237 e. The fourth-order valence-electron chi connectivity index (χ4n) is 2.75. The van der Waals surface area contributed by atoms with Gasteiger partial charge in [0.15, 0.2) is 0 Å². The molecular formula is C15H30N2O3. The highest BCUT2D eigenvalue weighted by atomic mass is 16.3. The second-order valence-corrected chi connectivity index (χ2v) is 6.18. The number of carbonyl (C=O) groups is 1. The van der Waals surface area contributed by atoms with Gasteiger partial charge in [-0.15, -0.1) is 0 Å². The van der Waals surface area contributed by atoms with Crippen LogP contribution >= 0.6 is 0 Å². The number of piperidine rings is 1. The molecule has 4 N–H and O–H groups in total. The van der Waals surface area contributed by atoms with Crippen LogP contribution in [0.5, 0.6) is 0 Å². The molecule has 0 aromatic rings. The van der Waals surface area contributed by atoms with Crippen LogP contribution in [0.3, 0.4) is 0 Å². The van der Waals surface area contributed by atoms with Gasteiger partial charge in [-0.1, -0.05) is 20.3 Å². The third kappa shape index (κ3) is 5.38. The molecule has 1 heterocycles. The summed E-state index contributed by atoms with van der Waals surface area (Å²) in [7, 11) is 0. The summed E-state index contributed by atoms with van der Waals surface area (Å²) in [6.07, 6.45) is 3.56. The van der Waals surface area contributed by atoms with Gasteiger partial charge in [0.2, 0.25) is 5.91 Å². The summed E-state index contributed by atoms with van der Waals surface area (Å²) in [6, 6.07) is -0.787. The first-order chi connectivity index (χ1) is 9.47. The van der Waals surface area contributed by atoms with Crippen molar-refractivity contribution in [2.75, 3.05) is 13.2 Å². The summed E-state index contributed by atoms with van der Waals surface area (Å²) in [6.45, 7) is 6.64. The lowest BCUT2D eigenvalue weighted by atomic mass is 9.84. The van der Waals surface area contributed by atoms with Crippen LogP contribution in [0.1, 0.15) is 46.5 Å². The number of aliphatic hydroxyl groups is 2. The van der Waals surface area contributed by atoms with Crippen LogP contribution in [0, 0.1) is 11.8 Å². The fourth-order valence-corrected chi connectivity index (χ4v) is 2.75. The van der Waals surface area contributed by atoms with E-state index in [4.69, 9.17) is 5.11 Å². The number of carbonyl (C=O) groups excluding carboxylic acids is 1. The van der Waals surface area contributed by atoms with Crippen molar-refractivity contribution in [1.82, 2.24) is 10.6 Å². The van der Waals surface area contributed by atoms with E-state index in [2.05, 4.69) is 24.5 Å². The van der Waals surface area contributed by atoms with Gasteiger partial charge < -0.3 is 20.8 Å². The molecule has 118 valence electrons. The van der Waals surface area contributed by atoms with E-state index in [0.29, 0.717) is 11.8 Å². The van der Waals surface area contributed by atoms with E-state index >= 15 is 0 Å². The predicted octanol–water partition coefficient (Wildman–Crippen LogP) is 0.649. The Morgan fingerprint density at radius 1 is 1.45 bits per heavy atom. The number of rotatable bonds is 7. The van der Waals surface area contributed by atoms with Crippen molar-refractivity contribution >= 4 is 5.91 Å². The first kappa shape index (κ1) is 17.4. The lowest BCUT2D eigenvalue weighted by Gasteiger charge is -2.32. The van der Waals surface area contributed by atoms with E-state index in [1.807, 2.05) is 0 Å². The summed E-state index contributed by atoms with van der Waals surface area (Å²) in [4.78, 5) is 12.2. The van der Waals surface area contributed by atoms with Crippen molar-refractivity contribution < 1.29 is 15.0 Å². The molecule has 0 bridgehead atoms. The lowest BCUT2D eigenvalue weighted by molar-refractivity contribution is -0.126. The fraction of sp³-hybridized carbons (Fsp3) is 0.933. The van der Waals surface area contributed by atoms with Gasteiger partial charge in [-0.2, -0.15) is 0 Å². The van der Waals surface area contributed by atoms with Crippen molar-refractivity contribution in [3.8, 4) is 0 Å². The molecule has 1 amide bonds. The lowest BCUT2D eigenvalue weighted by Crippen LogP contribution is -2.54. The summed E-state index contributed by atoms with van der Waals surface area (Å²) in [5.74, 6) is 1.17. The van der Waals surface area contributed by atoms with Crippen molar-refractivity contribution in [3.63, 3.8) is 0 Å². The average Bonchev–Trinajstić information content (AvgIpc) is 2.44. The molecule has 0 aliphatic carbocycles. The highest BCUT2D eigenvalue weighted by Crippen LogP contribution is 2.25. The molecule has 4 unspecified atom stereocenters. The summed E-state index contributed by atoms with van der Waals surface area (Å²) >= 11 is 0. The SMILES string of the molecule is CCC(C)CC1CCNC(C(=O)N[C@H](CO)C(C)O)C1. The van der Waals surface area contributed by atoms with Crippen molar-refractivity contribution in [3.05, 3.63) is 0 Å². The zero-order valence-corrected chi connectivity index (χ0v) is 12.9. The third-order valence-electron chi connectivity index (χ3n) is 4.37. The molecular weight excluding hydrogens is 256 g/mol. The molecule has 20 heavy (non-hydrogen) atoms. The normalized spacial score (nSPS) is 27.6. The summed E-state index contributed by atoms with van der Waals surface area (Å²) in [5, 5.41) is 24.6. The van der Waals surface area contributed by atoms with E-state index in [-0.39, 0.29) is 18.6 Å². The van der Waals surface area contributed by atoms with Gasteiger partial charge in [0.05, 0.1) is 24.8 Å². The Labute approximate surface area is 122 Å². The molecule has 5 atom stereocenters. The van der Waals surface area contributed by atoms with Crippen molar-refractivity contribution in [1.29, 1.82) is 0 Å². The minimum Gasteiger partial charge on any atom is -0.394 e. The Balaban J connectivity index is 2.47. The quantitative estimate of drug-likeness (QED) is 0.554. The monoisotopic (exact) mass is 286 g/mol. The third-order valence-corrected chi connectivity index (χ3v) is 4.37. The van der Waals surface area contributed by atoms with Gasteiger partial charge in [-0.3, -0.25) is 4.79 Å². The molecule has 0 spiro atoms. The molecule has 0 radical (unpaired) electrons. The first-order valence-electron chi connectivity index (χ1n) is 7.80. The maximum atomic E-state index is 12.2.